The van der Waals surface area contributed by atoms with Crippen LogP contribution in [0.5, 0.6) is 0 Å². The number of anilines is 1. The zero-order valence-corrected chi connectivity index (χ0v) is 15.2. The molecule has 0 spiro atoms. The lowest BCUT2D eigenvalue weighted by Crippen LogP contribution is -2.35. The van der Waals surface area contributed by atoms with Crippen LogP contribution >= 0.6 is 0 Å². The highest BCUT2D eigenvalue weighted by atomic mass is 19.1. The van der Waals surface area contributed by atoms with Crippen molar-refractivity contribution in [3.63, 3.8) is 0 Å². The Hall–Kier alpha value is -2.54. The van der Waals surface area contributed by atoms with E-state index in [0.717, 1.165) is 24.1 Å². The van der Waals surface area contributed by atoms with Crippen LogP contribution < -0.4 is 4.90 Å². The van der Waals surface area contributed by atoms with E-state index >= 15 is 0 Å². The molecule has 5 rings (SSSR count). The Labute approximate surface area is 155 Å². The minimum atomic E-state index is -0.351. The van der Waals surface area contributed by atoms with Crippen LogP contribution in [-0.4, -0.2) is 33.8 Å². The largest absolute Gasteiger partial charge is 0.373 e. The fraction of sp³-hybridized carbons (Fsp3) is 0.450. The molecule has 3 fully saturated rings. The number of ether oxygens (including phenoxy) is 1. The number of hydrogen-bond acceptors (Lipinski definition) is 4. The Balaban J connectivity index is 1.49. The number of rotatable bonds is 3. The number of carbonyl (C=O) groups excluding carboxylic acids is 2. The van der Waals surface area contributed by atoms with E-state index in [-0.39, 0.29) is 41.7 Å². The van der Waals surface area contributed by atoms with Crippen LogP contribution in [-0.2, 0) is 20.9 Å². The highest BCUT2D eigenvalue weighted by Gasteiger charge is 2.63. The summed E-state index contributed by atoms with van der Waals surface area (Å²) in [5.74, 6) is -1.31. The third-order valence-corrected chi connectivity index (χ3v) is 6.10. The topological polar surface area (TPSA) is 64.4 Å². The molecule has 27 heavy (non-hydrogen) atoms. The standard InChI is InChI=1S/C20H20FN3O3/c1-10-18(11(2)23(22-10)9-12-3-5-13(21)6-4-12)24-19(25)16-14-7-8-15(27-14)17(16)20(24)26/h3-6,14-17H,7-9H2,1-2H3/t14-,15-,16-,17+/m0/s1. The van der Waals surface area contributed by atoms with Gasteiger partial charge in [0, 0.05) is 0 Å². The molecule has 2 bridgehead atoms. The Kier molecular flexibility index (Phi) is 3.53. The molecular weight excluding hydrogens is 349 g/mol. The smallest absolute Gasteiger partial charge is 0.240 e. The fourth-order valence-corrected chi connectivity index (χ4v) is 4.86. The van der Waals surface area contributed by atoms with E-state index in [2.05, 4.69) is 5.10 Å². The van der Waals surface area contributed by atoms with Crippen molar-refractivity contribution in [1.29, 1.82) is 0 Å². The minimum Gasteiger partial charge on any atom is -0.373 e. The summed E-state index contributed by atoms with van der Waals surface area (Å²) in [5, 5.41) is 4.53. The van der Waals surface area contributed by atoms with Gasteiger partial charge in [-0.1, -0.05) is 12.1 Å². The highest BCUT2D eigenvalue weighted by molar-refractivity contribution is 6.23. The predicted molar refractivity (Wildman–Crippen MR) is 94.6 cm³/mol. The summed E-state index contributed by atoms with van der Waals surface area (Å²) in [4.78, 5) is 27.4. The highest BCUT2D eigenvalue weighted by Crippen LogP contribution is 2.50. The Morgan fingerprint density at radius 3 is 2.26 bits per heavy atom. The summed E-state index contributed by atoms with van der Waals surface area (Å²) in [6, 6.07) is 6.23. The molecule has 2 aromatic rings. The van der Waals surface area contributed by atoms with Crippen molar-refractivity contribution in [3.05, 3.63) is 47.0 Å². The molecule has 4 atom stereocenters. The first-order valence-electron chi connectivity index (χ1n) is 9.27. The molecule has 4 heterocycles. The van der Waals surface area contributed by atoms with Gasteiger partial charge in [0.05, 0.1) is 47.7 Å². The number of halogens is 1. The molecule has 1 aromatic heterocycles. The number of carbonyl (C=O) groups is 2. The van der Waals surface area contributed by atoms with Crippen LogP contribution in [0.2, 0.25) is 0 Å². The van der Waals surface area contributed by atoms with Crippen molar-refractivity contribution >= 4 is 17.5 Å². The van der Waals surface area contributed by atoms with Crippen molar-refractivity contribution in [2.24, 2.45) is 11.8 Å². The van der Waals surface area contributed by atoms with Crippen molar-refractivity contribution in [3.8, 4) is 0 Å². The van der Waals surface area contributed by atoms with E-state index in [0.29, 0.717) is 17.9 Å². The van der Waals surface area contributed by atoms with Gasteiger partial charge in [-0.15, -0.1) is 0 Å². The minimum absolute atomic E-state index is 0.128. The van der Waals surface area contributed by atoms with Gasteiger partial charge in [0.15, 0.2) is 0 Å². The van der Waals surface area contributed by atoms with Crippen molar-refractivity contribution in [1.82, 2.24) is 9.78 Å². The van der Waals surface area contributed by atoms with Gasteiger partial charge in [0.2, 0.25) is 11.8 Å². The molecule has 0 aliphatic carbocycles. The van der Waals surface area contributed by atoms with E-state index in [1.807, 2.05) is 13.8 Å². The second-order valence-electron chi connectivity index (χ2n) is 7.66. The molecule has 6 nitrogen and oxygen atoms in total. The molecule has 3 aliphatic rings. The lowest BCUT2D eigenvalue weighted by Gasteiger charge is -2.18. The van der Waals surface area contributed by atoms with Crippen molar-refractivity contribution in [2.45, 2.75) is 45.4 Å². The van der Waals surface area contributed by atoms with Crippen LogP contribution in [0, 0.1) is 31.5 Å². The first kappa shape index (κ1) is 16.6. The number of fused-ring (bicyclic) bond motifs is 5. The molecule has 7 heteroatoms. The number of nitrogens with zero attached hydrogens (tertiary/aromatic N) is 3. The molecule has 1 aromatic carbocycles. The van der Waals surface area contributed by atoms with Gasteiger partial charge in [0.25, 0.3) is 0 Å². The van der Waals surface area contributed by atoms with E-state index in [1.165, 1.54) is 17.0 Å². The van der Waals surface area contributed by atoms with Gasteiger partial charge in [0.1, 0.15) is 5.82 Å². The van der Waals surface area contributed by atoms with Crippen LogP contribution in [0.1, 0.15) is 29.8 Å². The number of hydrogen-bond donors (Lipinski definition) is 0. The quantitative estimate of drug-likeness (QED) is 0.779. The van der Waals surface area contributed by atoms with Crippen LogP contribution in [0.3, 0.4) is 0 Å². The molecule has 0 N–H and O–H groups in total. The Morgan fingerprint density at radius 2 is 1.67 bits per heavy atom. The maximum atomic E-state index is 13.1. The van der Waals surface area contributed by atoms with Crippen molar-refractivity contribution in [2.75, 3.05) is 4.90 Å². The normalized spacial score (nSPS) is 29.1. The number of aryl methyl sites for hydroxylation is 1. The number of benzene rings is 1. The van der Waals surface area contributed by atoms with Gasteiger partial charge in [-0.2, -0.15) is 5.10 Å². The van der Waals surface area contributed by atoms with Gasteiger partial charge in [-0.05, 0) is 44.4 Å². The first-order valence-corrected chi connectivity index (χ1v) is 9.27. The lowest BCUT2D eigenvalue weighted by atomic mass is 9.81. The zero-order valence-electron chi connectivity index (χ0n) is 15.2. The zero-order chi connectivity index (χ0) is 18.9. The monoisotopic (exact) mass is 369 g/mol. The van der Waals surface area contributed by atoms with Gasteiger partial charge < -0.3 is 4.74 Å². The first-order chi connectivity index (χ1) is 13.0. The van der Waals surface area contributed by atoms with Gasteiger partial charge in [-0.25, -0.2) is 9.29 Å². The molecule has 3 saturated heterocycles. The predicted octanol–water partition coefficient (Wildman–Crippen LogP) is 2.35. The van der Waals surface area contributed by atoms with E-state index in [9.17, 15) is 14.0 Å². The molecular formula is C20H20FN3O3. The fourth-order valence-electron chi connectivity index (χ4n) is 4.86. The summed E-state index contributed by atoms with van der Waals surface area (Å²) >= 11 is 0. The molecule has 0 radical (unpaired) electrons. The summed E-state index contributed by atoms with van der Waals surface area (Å²) in [5.41, 5.74) is 2.88. The van der Waals surface area contributed by atoms with E-state index < -0.39 is 0 Å². The number of imide groups is 1. The summed E-state index contributed by atoms with van der Waals surface area (Å²) in [6.07, 6.45) is 1.44. The average molecular weight is 369 g/mol. The molecule has 0 saturated carbocycles. The van der Waals surface area contributed by atoms with Gasteiger partial charge >= 0.3 is 0 Å². The van der Waals surface area contributed by atoms with E-state index in [1.54, 1.807) is 16.8 Å². The second kappa shape index (κ2) is 5.73. The van der Waals surface area contributed by atoms with Crippen LogP contribution in [0.15, 0.2) is 24.3 Å². The average Bonchev–Trinajstić information content (AvgIpc) is 3.37. The maximum Gasteiger partial charge on any atom is 0.240 e. The Bertz CT molecular complexity index is 924. The van der Waals surface area contributed by atoms with E-state index in [4.69, 9.17) is 4.74 Å². The van der Waals surface area contributed by atoms with Gasteiger partial charge in [-0.3, -0.25) is 14.3 Å². The van der Waals surface area contributed by atoms with Crippen molar-refractivity contribution < 1.29 is 18.7 Å². The third kappa shape index (κ3) is 2.31. The number of aromatic nitrogens is 2. The van der Waals surface area contributed by atoms with Crippen LogP contribution in [0.4, 0.5) is 10.1 Å². The number of amides is 2. The van der Waals surface area contributed by atoms with Crippen LogP contribution in [0.25, 0.3) is 0 Å². The Morgan fingerprint density at radius 1 is 1.07 bits per heavy atom. The molecule has 140 valence electrons. The summed E-state index contributed by atoms with van der Waals surface area (Å²) in [6.45, 7) is 4.12. The molecule has 0 unspecified atom stereocenters. The SMILES string of the molecule is Cc1nn(Cc2ccc(F)cc2)c(C)c1N1C(=O)[C@@H]2[C@H](C1=O)[C@@H]1CC[C@@H]2O1. The summed E-state index contributed by atoms with van der Waals surface area (Å²) < 4.78 is 20.7. The third-order valence-electron chi connectivity index (χ3n) is 6.10. The molecule has 3 aliphatic heterocycles. The second-order valence-corrected chi connectivity index (χ2v) is 7.66. The lowest BCUT2D eigenvalue weighted by molar-refractivity contribution is -0.124. The maximum absolute atomic E-state index is 13.1. The molecule has 2 amide bonds. The summed E-state index contributed by atoms with van der Waals surface area (Å²) in [7, 11) is 0.